The molecule has 0 fully saturated rings. The van der Waals surface area contributed by atoms with Crippen molar-refractivity contribution in [1.82, 2.24) is 5.32 Å². The number of terminal acetylenes is 1. The number of benzene rings is 1. The van der Waals surface area contributed by atoms with Gasteiger partial charge in [-0.25, -0.2) is 0 Å². The van der Waals surface area contributed by atoms with Crippen molar-refractivity contribution in [3.05, 3.63) is 23.8 Å². The molecule has 4 nitrogen and oxygen atoms in total. The summed E-state index contributed by atoms with van der Waals surface area (Å²) in [4.78, 5) is 0. The maximum atomic E-state index is 5.56. The van der Waals surface area contributed by atoms with Crippen molar-refractivity contribution in [1.29, 1.82) is 0 Å². The first-order valence-corrected chi connectivity index (χ1v) is 6.33. The first kappa shape index (κ1) is 15.4. The molecule has 0 bridgehead atoms. The molecule has 0 unspecified atom stereocenters. The molecule has 0 heterocycles. The van der Waals surface area contributed by atoms with Crippen molar-refractivity contribution < 1.29 is 14.2 Å². The normalized spacial score (nSPS) is 9.95. The summed E-state index contributed by atoms with van der Waals surface area (Å²) in [6, 6.07) is 5.85. The number of nitrogens with one attached hydrogen (secondary N) is 1. The number of hydrogen-bond donors (Lipinski definition) is 1. The topological polar surface area (TPSA) is 39.7 Å². The molecule has 1 rings (SSSR count). The summed E-state index contributed by atoms with van der Waals surface area (Å²) in [5.41, 5.74) is 1.13. The fourth-order valence-corrected chi connectivity index (χ4v) is 1.58. The second-order valence-corrected chi connectivity index (χ2v) is 3.88. The molecule has 0 radical (unpaired) electrons. The summed E-state index contributed by atoms with van der Waals surface area (Å²) in [6.07, 6.45) is 5.19. The molecule has 0 spiro atoms. The third kappa shape index (κ3) is 5.64. The van der Waals surface area contributed by atoms with E-state index in [0.29, 0.717) is 19.0 Å². The second kappa shape index (κ2) is 9.26. The monoisotopic (exact) mass is 263 g/mol. The van der Waals surface area contributed by atoms with Crippen LogP contribution in [0, 0.1) is 12.3 Å². The molecule has 1 N–H and O–H groups in total. The minimum absolute atomic E-state index is 0.242. The lowest BCUT2D eigenvalue weighted by Crippen LogP contribution is -2.18. The van der Waals surface area contributed by atoms with E-state index in [1.54, 1.807) is 7.11 Å². The minimum atomic E-state index is 0.242. The van der Waals surface area contributed by atoms with Gasteiger partial charge in [0.2, 0.25) is 0 Å². The molecule has 0 aliphatic heterocycles. The van der Waals surface area contributed by atoms with Gasteiger partial charge in [0.25, 0.3) is 0 Å². The smallest absolute Gasteiger partial charge is 0.162 e. The van der Waals surface area contributed by atoms with Gasteiger partial charge in [-0.1, -0.05) is 12.0 Å². The quantitative estimate of drug-likeness (QED) is 0.545. The molecule has 19 heavy (non-hydrogen) atoms. The van der Waals surface area contributed by atoms with Crippen LogP contribution in [0.4, 0.5) is 0 Å². The lowest BCUT2D eigenvalue weighted by Gasteiger charge is -2.12. The molecule has 1 aromatic rings. The molecule has 0 amide bonds. The Labute approximate surface area is 115 Å². The van der Waals surface area contributed by atoms with Gasteiger partial charge >= 0.3 is 0 Å². The second-order valence-electron chi connectivity index (χ2n) is 3.88. The maximum Gasteiger partial charge on any atom is 0.162 e. The van der Waals surface area contributed by atoms with Gasteiger partial charge < -0.3 is 19.5 Å². The van der Waals surface area contributed by atoms with E-state index in [9.17, 15) is 0 Å². The number of ether oxygens (including phenoxy) is 3. The van der Waals surface area contributed by atoms with Crippen molar-refractivity contribution >= 4 is 0 Å². The number of hydrogen-bond acceptors (Lipinski definition) is 4. The summed E-state index contributed by atoms with van der Waals surface area (Å²) in [5.74, 6) is 3.85. The average Bonchev–Trinajstić information content (AvgIpc) is 2.43. The van der Waals surface area contributed by atoms with Gasteiger partial charge in [-0.2, -0.15) is 0 Å². The Kier molecular flexibility index (Phi) is 7.48. The van der Waals surface area contributed by atoms with Crippen LogP contribution in [0.15, 0.2) is 18.2 Å². The zero-order chi connectivity index (χ0) is 13.9. The molecule has 104 valence electrons. The van der Waals surface area contributed by atoms with Gasteiger partial charge in [0.1, 0.15) is 6.61 Å². The highest BCUT2D eigenvalue weighted by molar-refractivity contribution is 5.43. The van der Waals surface area contributed by atoms with Crippen molar-refractivity contribution in [2.24, 2.45) is 0 Å². The van der Waals surface area contributed by atoms with E-state index in [-0.39, 0.29) is 6.61 Å². The maximum absolute atomic E-state index is 5.56. The van der Waals surface area contributed by atoms with Crippen LogP contribution in [0.5, 0.6) is 11.5 Å². The Balaban J connectivity index is 2.63. The lowest BCUT2D eigenvalue weighted by atomic mass is 10.2. The Hall–Kier alpha value is -1.70. The summed E-state index contributed by atoms with van der Waals surface area (Å²) in [6.45, 7) is 5.04. The predicted octanol–water partition coefficient (Wildman–Crippen LogP) is 1.83. The minimum Gasteiger partial charge on any atom is -0.490 e. The van der Waals surface area contributed by atoms with E-state index < -0.39 is 0 Å². The van der Waals surface area contributed by atoms with Gasteiger partial charge in [0.05, 0.1) is 13.2 Å². The van der Waals surface area contributed by atoms with Gasteiger partial charge in [-0.15, -0.1) is 6.42 Å². The largest absolute Gasteiger partial charge is 0.490 e. The summed E-state index contributed by atoms with van der Waals surface area (Å²) in [7, 11) is 1.69. The molecular weight excluding hydrogens is 242 g/mol. The van der Waals surface area contributed by atoms with Gasteiger partial charge in [0, 0.05) is 20.2 Å². The molecular formula is C15H21NO3. The molecule has 1 aromatic carbocycles. The summed E-state index contributed by atoms with van der Waals surface area (Å²) >= 11 is 0. The van der Waals surface area contributed by atoms with Crippen LogP contribution in [0.2, 0.25) is 0 Å². The molecule has 4 heteroatoms. The third-order valence-corrected chi connectivity index (χ3v) is 2.43. The number of rotatable bonds is 9. The fraction of sp³-hybridized carbons (Fsp3) is 0.467. The first-order chi connectivity index (χ1) is 9.31. The van der Waals surface area contributed by atoms with Gasteiger partial charge in [-0.3, -0.25) is 0 Å². The summed E-state index contributed by atoms with van der Waals surface area (Å²) in [5, 5.41) is 3.28. The Morgan fingerprint density at radius 2 is 2.11 bits per heavy atom. The zero-order valence-electron chi connectivity index (χ0n) is 11.6. The van der Waals surface area contributed by atoms with Crippen molar-refractivity contribution in [2.45, 2.75) is 13.5 Å². The highest BCUT2D eigenvalue weighted by Crippen LogP contribution is 2.28. The van der Waals surface area contributed by atoms with Crippen molar-refractivity contribution in [3.63, 3.8) is 0 Å². The van der Waals surface area contributed by atoms with E-state index in [4.69, 9.17) is 20.6 Å². The predicted molar refractivity (Wildman–Crippen MR) is 75.5 cm³/mol. The molecule has 0 atom stereocenters. The van der Waals surface area contributed by atoms with Crippen molar-refractivity contribution in [3.8, 4) is 23.8 Å². The Morgan fingerprint density at radius 3 is 2.79 bits per heavy atom. The molecule has 0 aliphatic carbocycles. The van der Waals surface area contributed by atoms with E-state index >= 15 is 0 Å². The molecule has 0 saturated carbocycles. The molecule has 0 saturated heterocycles. The van der Waals surface area contributed by atoms with Crippen LogP contribution >= 0.6 is 0 Å². The van der Waals surface area contributed by atoms with E-state index in [1.165, 1.54) is 0 Å². The van der Waals surface area contributed by atoms with Crippen LogP contribution in [-0.4, -0.2) is 33.5 Å². The number of methoxy groups -OCH3 is 1. The first-order valence-electron chi connectivity index (χ1n) is 6.33. The fourth-order valence-electron chi connectivity index (χ4n) is 1.58. The SMILES string of the molecule is C#CCOc1ccc(CNCCOC)cc1OCC. The zero-order valence-corrected chi connectivity index (χ0v) is 11.6. The average molecular weight is 263 g/mol. The van der Waals surface area contributed by atoms with Crippen LogP contribution in [0.25, 0.3) is 0 Å². The molecule has 0 aliphatic rings. The molecule has 0 aromatic heterocycles. The van der Waals surface area contributed by atoms with Crippen molar-refractivity contribution in [2.75, 3.05) is 33.5 Å². The Morgan fingerprint density at radius 1 is 1.26 bits per heavy atom. The summed E-state index contributed by atoms with van der Waals surface area (Å²) < 4.78 is 16.0. The van der Waals surface area contributed by atoms with E-state index in [0.717, 1.165) is 24.4 Å². The lowest BCUT2D eigenvalue weighted by molar-refractivity contribution is 0.199. The van der Waals surface area contributed by atoms with Crippen LogP contribution in [-0.2, 0) is 11.3 Å². The third-order valence-electron chi connectivity index (χ3n) is 2.43. The van der Waals surface area contributed by atoms with E-state index in [1.807, 2.05) is 25.1 Å². The van der Waals surface area contributed by atoms with E-state index in [2.05, 4.69) is 11.2 Å². The van der Waals surface area contributed by atoms with Crippen LogP contribution in [0.1, 0.15) is 12.5 Å². The van der Waals surface area contributed by atoms with Crippen LogP contribution in [0.3, 0.4) is 0 Å². The Bertz CT molecular complexity index is 412. The standard InChI is InChI=1S/C15H21NO3/c1-4-9-19-14-7-6-13(11-15(14)18-5-2)12-16-8-10-17-3/h1,6-7,11,16H,5,8-10,12H2,2-3H3. The van der Waals surface area contributed by atoms with Crippen LogP contribution < -0.4 is 14.8 Å². The highest BCUT2D eigenvalue weighted by Gasteiger charge is 2.06. The highest BCUT2D eigenvalue weighted by atomic mass is 16.5. The van der Waals surface area contributed by atoms with Gasteiger partial charge in [0.15, 0.2) is 11.5 Å². The van der Waals surface area contributed by atoms with Gasteiger partial charge in [-0.05, 0) is 24.6 Å².